The Bertz CT molecular complexity index is 452. The van der Waals surface area contributed by atoms with Crippen LogP contribution in [0.2, 0.25) is 0 Å². The van der Waals surface area contributed by atoms with E-state index in [1.807, 2.05) is 30.3 Å². The summed E-state index contributed by atoms with van der Waals surface area (Å²) in [6, 6.07) is 9.37. The van der Waals surface area contributed by atoms with Gasteiger partial charge in [-0.3, -0.25) is 0 Å². The van der Waals surface area contributed by atoms with Gasteiger partial charge in [-0.15, -0.1) is 0 Å². The van der Waals surface area contributed by atoms with Crippen LogP contribution in [-0.4, -0.2) is 43.0 Å². The number of aliphatic hydroxyl groups is 1. The maximum absolute atomic E-state index is 12.1. The van der Waals surface area contributed by atoms with E-state index in [-0.39, 0.29) is 30.8 Å². The molecule has 1 aromatic rings. The topological polar surface area (TPSA) is 70.6 Å². The normalized spacial score (nSPS) is 22.8. The van der Waals surface area contributed by atoms with E-state index in [2.05, 4.69) is 10.6 Å². The summed E-state index contributed by atoms with van der Waals surface area (Å²) in [6.07, 6.45) is 4.87. The highest BCUT2D eigenvalue weighted by molar-refractivity contribution is 5.74. The number of benzene rings is 1. The average Bonchev–Trinajstić information content (AvgIpc) is 2.55. The van der Waals surface area contributed by atoms with E-state index in [1.54, 1.807) is 7.11 Å². The number of hydrogen-bond acceptors (Lipinski definition) is 3. The molecule has 0 saturated heterocycles. The van der Waals surface area contributed by atoms with Gasteiger partial charge in [-0.2, -0.15) is 0 Å². The quantitative estimate of drug-likeness (QED) is 0.751. The predicted octanol–water partition coefficient (Wildman–Crippen LogP) is 1.85. The second-order valence-corrected chi connectivity index (χ2v) is 5.85. The summed E-state index contributed by atoms with van der Waals surface area (Å²) in [4.78, 5) is 12.1. The van der Waals surface area contributed by atoms with Crippen LogP contribution >= 0.6 is 0 Å². The molecule has 1 aliphatic carbocycles. The largest absolute Gasteiger partial charge is 0.394 e. The molecule has 1 saturated carbocycles. The highest BCUT2D eigenvalue weighted by atomic mass is 16.5. The number of rotatable bonds is 6. The number of aliphatic hydroxyl groups excluding tert-OH is 1. The minimum Gasteiger partial charge on any atom is -0.394 e. The lowest BCUT2D eigenvalue weighted by Crippen LogP contribution is -2.52. The van der Waals surface area contributed by atoms with Crippen LogP contribution in [0.25, 0.3) is 0 Å². The molecule has 3 N–H and O–H groups in total. The smallest absolute Gasteiger partial charge is 0.315 e. The van der Waals surface area contributed by atoms with Crippen LogP contribution in [0.1, 0.15) is 31.2 Å². The second kappa shape index (κ2) is 8.76. The number of amides is 2. The highest BCUT2D eigenvalue weighted by Crippen LogP contribution is 2.20. The van der Waals surface area contributed by atoms with E-state index in [4.69, 9.17) is 4.74 Å². The van der Waals surface area contributed by atoms with Crippen LogP contribution < -0.4 is 10.6 Å². The van der Waals surface area contributed by atoms with Crippen molar-refractivity contribution in [3.8, 4) is 0 Å². The summed E-state index contributed by atoms with van der Waals surface area (Å²) in [5.74, 6) is 0. The van der Waals surface area contributed by atoms with Gasteiger partial charge in [-0.1, -0.05) is 43.2 Å². The lowest BCUT2D eigenvalue weighted by molar-refractivity contribution is 0.0449. The van der Waals surface area contributed by atoms with E-state index < -0.39 is 0 Å². The van der Waals surface area contributed by atoms with E-state index in [0.29, 0.717) is 6.42 Å². The van der Waals surface area contributed by atoms with Crippen molar-refractivity contribution in [3.63, 3.8) is 0 Å². The Morgan fingerprint density at radius 3 is 2.73 bits per heavy atom. The van der Waals surface area contributed by atoms with Gasteiger partial charge in [-0.25, -0.2) is 4.79 Å². The molecule has 0 unspecified atom stereocenters. The molecule has 3 atom stereocenters. The van der Waals surface area contributed by atoms with Gasteiger partial charge < -0.3 is 20.5 Å². The summed E-state index contributed by atoms with van der Waals surface area (Å²) in [7, 11) is 1.69. The minimum absolute atomic E-state index is 0.0508. The van der Waals surface area contributed by atoms with Crippen molar-refractivity contribution in [2.75, 3.05) is 13.7 Å². The first-order valence-corrected chi connectivity index (χ1v) is 7.97. The molecule has 0 aromatic heterocycles. The van der Waals surface area contributed by atoms with Crippen molar-refractivity contribution in [1.29, 1.82) is 0 Å². The lowest BCUT2D eigenvalue weighted by Gasteiger charge is -2.31. The standard InChI is InChI=1S/C17H26N2O3/c1-22-16-10-6-5-9-15(16)19-17(21)18-14(12-20)11-13-7-3-2-4-8-13/h2-4,7-8,14-16,20H,5-6,9-12H2,1H3,(H2,18,19,21)/t14-,15+,16+/m1/s1. The van der Waals surface area contributed by atoms with E-state index in [9.17, 15) is 9.90 Å². The minimum atomic E-state index is -0.285. The van der Waals surface area contributed by atoms with Gasteiger partial charge in [0, 0.05) is 7.11 Å². The fourth-order valence-electron chi connectivity index (χ4n) is 3.00. The maximum atomic E-state index is 12.1. The zero-order chi connectivity index (χ0) is 15.8. The average molecular weight is 306 g/mol. The Morgan fingerprint density at radius 1 is 1.32 bits per heavy atom. The van der Waals surface area contributed by atoms with E-state index >= 15 is 0 Å². The molecule has 1 aromatic carbocycles. The number of carbonyl (C=O) groups is 1. The number of methoxy groups -OCH3 is 1. The molecule has 0 spiro atoms. The van der Waals surface area contributed by atoms with Crippen molar-refractivity contribution in [3.05, 3.63) is 35.9 Å². The molecule has 0 heterocycles. The van der Waals surface area contributed by atoms with Crippen LogP contribution in [0.15, 0.2) is 30.3 Å². The summed E-state index contributed by atoms with van der Waals surface area (Å²) in [5, 5.41) is 15.3. The summed E-state index contributed by atoms with van der Waals surface area (Å²) >= 11 is 0. The third-order valence-electron chi connectivity index (χ3n) is 4.20. The Balaban J connectivity index is 1.83. The number of nitrogens with one attached hydrogen (secondary N) is 2. The molecule has 0 aliphatic heterocycles. The molecule has 1 fully saturated rings. The summed E-state index contributed by atoms with van der Waals surface area (Å²) in [6.45, 7) is -0.0827. The molecule has 22 heavy (non-hydrogen) atoms. The SMILES string of the molecule is CO[C@H]1CCCC[C@@H]1NC(=O)N[C@@H](CO)Cc1ccccc1. The molecule has 2 rings (SSSR count). The molecular formula is C17H26N2O3. The van der Waals surface area contributed by atoms with Gasteiger partial charge in [0.2, 0.25) is 0 Å². The number of hydrogen-bond donors (Lipinski definition) is 3. The fourth-order valence-corrected chi connectivity index (χ4v) is 3.00. The van der Waals surface area contributed by atoms with Crippen molar-refractivity contribution < 1.29 is 14.6 Å². The van der Waals surface area contributed by atoms with Crippen LogP contribution in [0.3, 0.4) is 0 Å². The molecule has 0 radical (unpaired) electrons. The van der Waals surface area contributed by atoms with Gasteiger partial charge >= 0.3 is 6.03 Å². The van der Waals surface area contributed by atoms with E-state index in [1.165, 1.54) is 0 Å². The molecule has 122 valence electrons. The Morgan fingerprint density at radius 2 is 2.05 bits per heavy atom. The first-order chi connectivity index (χ1) is 10.7. The number of ether oxygens (including phenoxy) is 1. The van der Waals surface area contributed by atoms with Crippen molar-refractivity contribution in [2.45, 2.75) is 50.3 Å². The molecule has 1 aliphatic rings. The van der Waals surface area contributed by atoms with Gasteiger partial charge in [0.05, 0.1) is 24.8 Å². The first-order valence-electron chi connectivity index (χ1n) is 7.97. The molecule has 0 bridgehead atoms. The van der Waals surface area contributed by atoms with Crippen LogP contribution in [0.4, 0.5) is 4.79 Å². The molecular weight excluding hydrogens is 280 g/mol. The monoisotopic (exact) mass is 306 g/mol. The zero-order valence-electron chi connectivity index (χ0n) is 13.1. The van der Waals surface area contributed by atoms with Crippen molar-refractivity contribution >= 4 is 6.03 Å². The number of carbonyl (C=O) groups excluding carboxylic acids is 1. The number of urea groups is 1. The van der Waals surface area contributed by atoms with Crippen LogP contribution in [0, 0.1) is 0 Å². The molecule has 2 amide bonds. The van der Waals surface area contributed by atoms with Crippen LogP contribution in [-0.2, 0) is 11.2 Å². The van der Waals surface area contributed by atoms with Crippen LogP contribution in [0.5, 0.6) is 0 Å². The Labute approximate surface area is 132 Å². The van der Waals surface area contributed by atoms with Crippen molar-refractivity contribution in [2.24, 2.45) is 0 Å². The van der Waals surface area contributed by atoms with Gasteiger partial charge in [0.1, 0.15) is 0 Å². The van der Waals surface area contributed by atoms with Gasteiger partial charge in [-0.05, 0) is 24.8 Å². The third kappa shape index (κ3) is 5.00. The highest BCUT2D eigenvalue weighted by Gasteiger charge is 2.26. The first kappa shape index (κ1) is 16.8. The summed E-state index contributed by atoms with van der Waals surface area (Å²) in [5.41, 5.74) is 1.09. The second-order valence-electron chi connectivity index (χ2n) is 5.85. The van der Waals surface area contributed by atoms with Gasteiger partial charge in [0.15, 0.2) is 0 Å². The Hall–Kier alpha value is -1.59. The van der Waals surface area contributed by atoms with Crippen molar-refractivity contribution in [1.82, 2.24) is 10.6 Å². The van der Waals surface area contributed by atoms with E-state index in [0.717, 1.165) is 31.2 Å². The maximum Gasteiger partial charge on any atom is 0.315 e. The lowest BCUT2D eigenvalue weighted by atomic mass is 9.92. The van der Waals surface area contributed by atoms with Gasteiger partial charge in [0.25, 0.3) is 0 Å². The zero-order valence-corrected chi connectivity index (χ0v) is 13.1. The third-order valence-corrected chi connectivity index (χ3v) is 4.20. The fraction of sp³-hybridized carbons (Fsp3) is 0.588. The predicted molar refractivity (Wildman–Crippen MR) is 85.7 cm³/mol. The Kier molecular flexibility index (Phi) is 6.68. The molecule has 5 nitrogen and oxygen atoms in total. The molecule has 5 heteroatoms. The summed E-state index contributed by atoms with van der Waals surface area (Å²) < 4.78 is 5.44.